The number of rotatable bonds is 2. The molecule has 0 spiro atoms. The highest BCUT2D eigenvalue weighted by Gasteiger charge is 2.41. The van der Waals surface area contributed by atoms with E-state index < -0.39 is 29.6 Å². The Labute approximate surface area is 136 Å². The zero-order valence-electron chi connectivity index (χ0n) is 14.2. The van der Waals surface area contributed by atoms with Crippen LogP contribution in [0.2, 0.25) is 0 Å². The van der Waals surface area contributed by atoms with E-state index in [0.29, 0.717) is 5.69 Å². The fourth-order valence-electron chi connectivity index (χ4n) is 2.54. The quantitative estimate of drug-likeness (QED) is 0.468. The minimum Gasteiger partial charge on any atom is -0.468 e. The summed E-state index contributed by atoms with van der Waals surface area (Å²) < 4.78 is 9.37. The van der Waals surface area contributed by atoms with E-state index in [-0.39, 0.29) is 12.8 Å². The molecule has 6 heteroatoms. The second kappa shape index (κ2) is 8.41. The van der Waals surface area contributed by atoms with Crippen molar-refractivity contribution in [1.29, 1.82) is 0 Å². The number of nitrogens with zero attached hydrogens (tertiary/aromatic N) is 1. The first-order valence-electron chi connectivity index (χ1n) is 7.62. The molecule has 0 aromatic carbocycles. The number of fused-ring (bicyclic) bond motifs is 1. The predicted octanol–water partition coefficient (Wildman–Crippen LogP) is 1.66. The first kappa shape index (κ1) is 18.8. The van der Waals surface area contributed by atoms with Gasteiger partial charge in [0.05, 0.1) is 14.2 Å². The van der Waals surface area contributed by atoms with E-state index in [1.807, 2.05) is 32.9 Å². The second-order valence-electron chi connectivity index (χ2n) is 5.02. The first-order chi connectivity index (χ1) is 11.0. The van der Waals surface area contributed by atoms with Crippen LogP contribution in [0.1, 0.15) is 30.8 Å². The Hall–Kier alpha value is -2.24. The predicted molar refractivity (Wildman–Crippen MR) is 83.7 cm³/mol. The van der Waals surface area contributed by atoms with Gasteiger partial charge in [-0.05, 0) is 25.0 Å². The number of hydrogen-bond acceptors (Lipinski definition) is 6. The molecule has 1 heterocycles. The van der Waals surface area contributed by atoms with Crippen LogP contribution in [0.3, 0.4) is 0 Å². The smallest absolute Gasteiger partial charge is 0.316 e. The summed E-state index contributed by atoms with van der Waals surface area (Å²) in [6.45, 7) is 5.83. The molecule has 0 bridgehead atoms. The Morgan fingerprint density at radius 3 is 2.09 bits per heavy atom. The maximum absolute atomic E-state index is 12.5. The summed E-state index contributed by atoms with van der Waals surface area (Å²) in [6.07, 6.45) is 0.345. The van der Waals surface area contributed by atoms with Gasteiger partial charge in [0, 0.05) is 17.8 Å². The van der Waals surface area contributed by atoms with Gasteiger partial charge >= 0.3 is 11.9 Å². The Morgan fingerprint density at radius 2 is 1.57 bits per heavy atom. The summed E-state index contributed by atoms with van der Waals surface area (Å²) in [5.41, 5.74) is 2.24. The van der Waals surface area contributed by atoms with Crippen molar-refractivity contribution in [1.82, 2.24) is 4.98 Å². The molecule has 1 aliphatic carbocycles. The molecule has 2 unspecified atom stereocenters. The van der Waals surface area contributed by atoms with Gasteiger partial charge in [-0.2, -0.15) is 0 Å². The van der Waals surface area contributed by atoms with Gasteiger partial charge in [0.25, 0.3) is 0 Å². The van der Waals surface area contributed by atoms with Gasteiger partial charge < -0.3 is 9.47 Å². The monoisotopic (exact) mass is 321 g/mol. The van der Waals surface area contributed by atoms with Crippen LogP contribution in [0, 0.1) is 18.8 Å². The van der Waals surface area contributed by atoms with E-state index in [9.17, 15) is 14.4 Å². The molecule has 0 N–H and O–H groups in total. The zero-order chi connectivity index (χ0) is 17.6. The number of ketones is 1. The minimum absolute atomic E-state index is 0.149. The number of methoxy groups -OCH3 is 2. The number of hydrogen-bond donors (Lipinski definition) is 0. The summed E-state index contributed by atoms with van der Waals surface area (Å²) >= 11 is 0. The molecule has 2 atom stereocenters. The van der Waals surface area contributed by atoms with Crippen LogP contribution in [0.4, 0.5) is 0 Å². The van der Waals surface area contributed by atoms with Crippen molar-refractivity contribution in [3.63, 3.8) is 0 Å². The maximum atomic E-state index is 12.5. The standard InChI is InChI=1S/C15H17NO5.C2H6/c1-8-4-5-9-6-10(14(18)20-2)13(17)11(15(19)21-3)7-12(9)16-8;1-2/h4-5,10-11H,6-7H2,1-3H3;1-2H3. The van der Waals surface area contributed by atoms with Crippen LogP contribution in [-0.2, 0) is 36.7 Å². The number of ether oxygens (including phenoxy) is 2. The molecule has 0 amide bonds. The Kier molecular flexibility index (Phi) is 6.88. The summed E-state index contributed by atoms with van der Waals surface area (Å²) in [4.78, 5) is 40.6. The van der Waals surface area contributed by atoms with Crippen LogP contribution in [0.5, 0.6) is 0 Å². The number of aromatic nitrogens is 1. The molecule has 1 aromatic rings. The average molecular weight is 321 g/mol. The van der Waals surface area contributed by atoms with E-state index in [0.717, 1.165) is 11.3 Å². The van der Waals surface area contributed by atoms with Gasteiger partial charge in [0.15, 0.2) is 5.78 Å². The molecule has 0 saturated carbocycles. The second-order valence-corrected chi connectivity index (χ2v) is 5.02. The molecule has 1 aromatic heterocycles. The lowest BCUT2D eigenvalue weighted by atomic mass is 9.90. The van der Waals surface area contributed by atoms with Crippen LogP contribution in [-0.4, -0.2) is 36.9 Å². The summed E-state index contributed by atoms with van der Waals surface area (Å²) in [7, 11) is 2.44. The average Bonchev–Trinajstić information content (AvgIpc) is 2.72. The minimum atomic E-state index is -1.02. The molecule has 0 fully saturated rings. The highest BCUT2D eigenvalue weighted by atomic mass is 16.5. The lowest BCUT2D eigenvalue weighted by molar-refractivity contribution is -0.155. The number of carbonyl (C=O) groups is 3. The molecule has 0 saturated heterocycles. The topological polar surface area (TPSA) is 82.6 Å². The van der Waals surface area contributed by atoms with Crippen molar-refractivity contribution in [3.8, 4) is 0 Å². The fourth-order valence-corrected chi connectivity index (χ4v) is 2.54. The molecule has 6 nitrogen and oxygen atoms in total. The third-order valence-corrected chi connectivity index (χ3v) is 3.69. The Bertz CT molecular complexity index is 597. The molecular weight excluding hydrogens is 298 g/mol. The van der Waals surface area contributed by atoms with Crippen molar-refractivity contribution in [2.75, 3.05) is 14.2 Å². The van der Waals surface area contributed by atoms with E-state index in [2.05, 4.69) is 14.5 Å². The molecule has 0 aliphatic heterocycles. The third-order valence-electron chi connectivity index (χ3n) is 3.69. The van der Waals surface area contributed by atoms with Gasteiger partial charge in [0.2, 0.25) is 0 Å². The Morgan fingerprint density at radius 1 is 1.04 bits per heavy atom. The van der Waals surface area contributed by atoms with Gasteiger partial charge in [-0.3, -0.25) is 19.4 Å². The van der Waals surface area contributed by atoms with Crippen LogP contribution in [0.25, 0.3) is 0 Å². The van der Waals surface area contributed by atoms with E-state index in [1.165, 1.54) is 14.2 Å². The highest BCUT2D eigenvalue weighted by Crippen LogP contribution is 2.26. The van der Waals surface area contributed by atoms with Gasteiger partial charge in [-0.1, -0.05) is 19.9 Å². The Balaban J connectivity index is 0.00000127. The van der Waals surface area contributed by atoms with Crippen molar-refractivity contribution >= 4 is 17.7 Å². The summed E-state index contributed by atoms with van der Waals surface area (Å²) in [5.74, 6) is -3.77. The van der Waals surface area contributed by atoms with Crippen LogP contribution >= 0.6 is 0 Å². The van der Waals surface area contributed by atoms with Crippen LogP contribution < -0.4 is 0 Å². The molecule has 0 radical (unpaired) electrons. The largest absolute Gasteiger partial charge is 0.468 e. The van der Waals surface area contributed by atoms with Gasteiger partial charge in [-0.25, -0.2) is 0 Å². The molecule has 23 heavy (non-hydrogen) atoms. The molecular formula is C17H23NO5. The highest BCUT2D eigenvalue weighted by molar-refractivity contribution is 6.09. The van der Waals surface area contributed by atoms with E-state index in [4.69, 9.17) is 0 Å². The zero-order valence-corrected chi connectivity index (χ0v) is 14.2. The normalized spacial score (nSPS) is 19.6. The lowest BCUT2D eigenvalue weighted by Crippen LogP contribution is -2.35. The summed E-state index contributed by atoms with van der Waals surface area (Å²) in [6, 6.07) is 3.65. The van der Waals surface area contributed by atoms with Gasteiger partial charge in [-0.15, -0.1) is 0 Å². The summed E-state index contributed by atoms with van der Waals surface area (Å²) in [5, 5.41) is 0. The lowest BCUT2D eigenvalue weighted by Gasteiger charge is -2.15. The number of carbonyl (C=O) groups excluding carboxylic acids is 3. The van der Waals surface area contributed by atoms with Crippen molar-refractivity contribution < 1.29 is 23.9 Å². The van der Waals surface area contributed by atoms with Crippen LogP contribution in [0.15, 0.2) is 12.1 Å². The molecule has 126 valence electrons. The number of esters is 2. The van der Waals surface area contributed by atoms with Crippen molar-refractivity contribution in [2.24, 2.45) is 11.8 Å². The third kappa shape index (κ3) is 4.15. The fraction of sp³-hybridized carbons (Fsp3) is 0.529. The van der Waals surface area contributed by atoms with E-state index >= 15 is 0 Å². The molecule has 1 aliphatic rings. The number of Topliss-reactive ketones (excluding diaryl/α,β-unsaturated/α-hetero) is 1. The first-order valence-corrected chi connectivity index (χ1v) is 7.62. The number of pyridine rings is 1. The maximum Gasteiger partial charge on any atom is 0.316 e. The van der Waals surface area contributed by atoms with E-state index in [1.54, 1.807) is 0 Å². The van der Waals surface area contributed by atoms with Gasteiger partial charge in [0.1, 0.15) is 11.8 Å². The van der Waals surface area contributed by atoms with Crippen molar-refractivity contribution in [3.05, 3.63) is 29.1 Å². The number of aryl methyl sites for hydroxylation is 1. The SMILES string of the molecule is CC.COC(=O)C1Cc2ccc(C)nc2CC(C(=O)OC)C1=O. The molecule has 2 rings (SSSR count). The van der Waals surface area contributed by atoms with Crippen molar-refractivity contribution in [2.45, 2.75) is 33.6 Å².